The minimum atomic E-state index is -0.421. The molecule has 1 aromatic rings. The van der Waals surface area contributed by atoms with Gasteiger partial charge in [-0.2, -0.15) is 5.10 Å². The number of hydrogen-bond donors (Lipinski definition) is 1. The van der Waals surface area contributed by atoms with E-state index in [1.165, 1.54) is 4.68 Å². The van der Waals surface area contributed by atoms with Crippen molar-refractivity contribution in [1.29, 1.82) is 0 Å². The first-order valence-corrected chi connectivity index (χ1v) is 4.63. The summed E-state index contributed by atoms with van der Waals surface area (Å²) in [7, 11) is 1.72. The molecule has 1 fully saturated rings. The first-order chi connectivity index (χ1) is 6.66. The van der Waals surface area contributed by atoms with E-state index in [4.69, 9.17) is 10.5 Å². The van der Waals surface area contributed by atoms with Crippen LogP contribution in [0.5, 0.6) is 0 Å². The highest BCUT2D eigenvalue weighted by atomic mass is 16.5. The number of aromatic nitrogens is 2. The van der Waals surface area contributed by atoms with Crippen LogP contribution < -0.4 is 5.73 Å². The normalized spacial score (nSPS) is 15.5. The Kier molecular flexibility index (Phi) is 2.15. The third-order valence-corrected chi connectivity index (χ3v) is 2.20. The average molecular weight is 195 g/mol. The molecule has 1 aromatic heterocycles. The van der Waals surface area contributed by atoms with Crippen LogP contribution in [0.25, 0.3) is 0 Å². The van der Waals surface area contributed by atoms with Crippen LogP contribution in [0.2, 0.25) is 0 Å². The number of nitrogens with two attached hydrogens (primary N) is 1. The molecule has 0 saturated heterocycles. The van der Waals surface area contributed by atoms with Gasteiger partial charge in [0, 0.05) is 13.2 Å². The summed E-state index contributed by atoms with van der Waals surface area (Å²) >= 11 is 0. The van der Waals surface area contributed by atoms with Crippen molar-refractivity contribution in [3.05, 3.63) is 11.9 Å². The SMILES string of the molecule is Cn1cc(N)c(C(=O)OCC2CC2)n1. The summed E-state index contributed by atoms with van der Waals surface area (Å²) in [6.45, 7) is 0.495. The Balaban J connectivity index is 1.98. The van der Waals surface area contributed by atoms with Crippen molar-refractivity contribution in [3.63, 3.8) is 0 Å². The summed E-state index contributed by atoms with van der Waals surface area (Å²) in [5.41, 5.74) is 6.16. The molecule has 5 heteroatoms. The Morgan fingerprint density at radius 3 is 3.00 bits per heavy atom. The predicted octanol–water partition coefficient (Wildman–Crippen LogP) is 0.569. The van der Waals surface area contributed by atoms with E-state index in [1.54, 1.807) is 13.2 Å². The maximum Gasteiger partial charge on any atom is 0.361 e. The molecule has 1 aliphatic rings. The molecule has 0 spiro atoms. The van der Waals surface area contributed by atoms with Crippen LogP contribution in [0.3, 0.4) is 0 Å². The first kappa shape index (κ1) is 9.05. The van der Waals surface area contributed by atoms with Gasteiger partial charge < -0.3 is 10.5 Å². The minimum Gasteiger partial charge on any atom is -0.461 e. The fourth-order valence-corrected chi connectivity index (χ4v) is 1.21. The molecule has 76 valence electrons. The Morgan fingerprint density at radius 1 is 1.79 bits per heavy atom. The van der Waals surface area contributed by atoms with Gasteiger partial charge in [0.15, 0.2) is 5.69 Å². The van der Waals surface area contributed by atoms with E-state index in [-0.39, 0.29) is 5.69 Å². The van der Waals surface area contributed by atoms with E-state index >= 15 is 0 Å². The van der Waals surface area contributed by atoms with Crippen LogP contribution in [-0.4, -0.2) is 22.4 Å². The number of anilines is 1. The van der Waals surface area contributed by atoms with Gasteiger partial charge in [0.2, 0.25) is 0 Å². The van der Waals surface area contributed by atoms with Crippen LogP contribution in [0, 0.1) is 5.92 Å². The van der Waals surface area contributed by atoms with Gasteiger partial charge in [-0.25, -0.2) is 4.79 Å². The zero-order chi connectivity index (χ0) is 10.1. The van der Waals surface area contributed by atoms with Crippen LogP contribution >= 0.6 is 0 Å². The van der Waals surface area contributed by atoms with Gasteiger partial charge in [-0.3, -0.25) is 4.68 Å². The highest BCUT2D eigenvalue weighted by Crippen LogP contribution is 2.29. The molecule has 0 bridgehead atoms. The zero-order valence-electron chi connectivity index (χ0n) is 8.06. The van der Waals surface area contributed by atoms with Gasteiger partial charge >= 0.3 is 5.97 Å². The Morgan fingerprint density at radius 2 is 2.50 bits per heavy atom. The van der Waals surface area contributed by atoms with E-state index in [0.717, 1.165) is 12.8 Å². The second-order valence-electron chi connectivity index (χ2n) is 3.65. The Bertz CT molecular complexity index is 355. The molecule has 1 heterocycles. The molecule has 14 heavy (non-hydrogen) atoms. The van der Waals surface area contributed by atoms with Crippen molar-refractivity contribution >= 4 is 11.7 Å². The zero-order valence-corrected chi connectivity index (χ0v) is 8.06. The lowest BCUT2D eigenvalue weighted by Gasteiger charge is -2.00. The van der Waals surface area contributed by atoms with Crippen molar-refractivity contribution in [1.82, 2.24) is 9.78 Å². The highest BCUT2D eigenvalue weighted by molar-refractivity contribution is 5.92. The van der Waals surface area contributed by atoms with Crippen LogP contribution in [0.15, 0.2) is 6.20 Å². The summed E-state index contributed by atoms with van der Waals surface area (Å²) in [4.78, 5) is 11.4. The summed E-state index contributed by atoms with van der Waals surface area (Å²) < 4.78 is 6.55. The fourth-order valence-electron chi connectivity index (χ4n) is 1.21. The lowest BCUT2D eigenvalue weighted by molar-refractivity contribution is 0.0479. The van der Waals surface area contributed by atoms with E-state index < -0.39 is 5.97 Å². The molecule has 2 rings (SSSR count). The van der Waals surface area contributed by atoms with Gasteiger partial charge in [0.05, 0.1) is 12.3 Å². The summed E-state index contributed by atoms with van der Waals surface area (Å²) in [6.07, 6.45) is 3.91. The molecular formula is C9H13N3O2. The second-order valence-corrected chi connectivity index (χ2v) is 3.65. The van der Waals surface area contributed by atoms with Crippen molar-refractivity contribution in [3.8, 4) is 0 Å². The number of esters is 1. The van der Waals surface area contributed by atoms with Gasteiger partial charge in [0.25, 0.3) is 0 Å². The minimum absolute atomic E-state index is 0.216. The Labute approximate surface area is 81.8 Å². The van der Waals surface area contributed by atoms with Gasteiger partial charge in [-0.1, -0.05) is 0 Å². The second kappa shape index (κ2) is 3.32. The van der Waals surface area contributed by atoms with Crippen molar-refractivity contribution in [2.45, 2.75) is 12.8 Å². The molecule has 1 aliphatic carbocycles. The maximum atomic E-state index is 11.4. The van der Waals surface area contributed by atoms with Gasteiger partial charge in [-0.05, 0) is 18.8 Å². The number of ether oxygens (including phenoxy) is 1. The molecule has 0 radical (unpaired) electrons. The van der Waals surface area contributed by atoms with Crippen LogP contribution in [-0.2, 0) is 11.8 Å². The van der Waals surface area contributed by atoms with E-state index in [2.05, 4.69) is 5.10 Å². The topological polar surface area (TPSA) is 70.1 Å². The van der Waals surface area contributed by atoms with Crippen molar-refractivity contribution < 1.29 is 9.53 Å². The van der Waals surface area contributed by atoms with Crippen LogP contribution in [0.1, 0.15) is 23.3 Å². The molecule has 5 nitrogen and oxygen atoms in total. The third kappa shape index (κ3) is 1.86. The number of nitrogens with zero attached hydrogens (tertiary/aromatic N) is 2. The van der Waals surface area contributed by atoms with Crippen molar-refractivity contribution in [2.24, 2.45) is 13.0 Å². The standard InChI is InChI=1S/C9H13N3O2/c1-12-4-7(10)8(11-12)9(13)14-5-6-2-3-6/h4,6H,2-3,5,10H2,1H3. The molecule has 0 aromatic carbocycles. The average Bonchev–Trinajstić information content (AvgIpc) is 2.88. The van der Waals surface area contributed by atoms with Gasteiger partial charge in [0.1, 0.15) is 0 Å². The monoisotopic (exact) mass is 195 g/mol. The predicted molar refractivity (Wildman–Crippen MR) is 50.6 cm³/mol. The number of rotatable bonds is 3. The molecule has 0 atom stereocenters. The smallest absolute Gasteiger partial charge is 0.361 e. The first-order valence-electron chi connectivity index (χ1n) is 4.63. The lowest BCUT2D eigenvalue weighted by atomic mass is 10.4. The molecule has 0 unspecified atom stereocenters. The maximum absolute atomic E-state index is 11.4. The highest BCUT2D eigenvalue weighted by Gasteiger charge is 2.24. The van der Waals surface area contributed by atoms with E-state index in [9.17, 15) is 4.79 Å². The van der Waals surface area contributed by atoms with E-state index in [0.29, 0.717) is 18.2 Å². The van der Waals surface area contributed by atoms with Crippen LogP contribution in [0.4, 0.5) is 5.69 Å². The summed E-state index contributed by atoms with van der Waals surface area (Å²) in [5.74, 6) is 0.138. The number of carbonyl (C=O) groups is 1. The molecule has 2 N–H and O–H groups in total. The number of carbonyl (C=O) groups excluding carboxylic acids is 1. The summed E-state index contributed by atoms with van der Waals surface area (Å²) in [6, 6.07) is 0. The lowest BCUT2D eigenvalue weighted by Crippen LogP contribution is -2.10. The fraction of sp³-hybridized carbons (Fsp3) is 0.556. The third-order valence-electron chi connectivity index (χ3n) is 2.20. The van der Waals surface area contributed by atoms with Crippen molar-refractivity contribution in [2.75, 3.05) is 12.3 Å². The number of aryl methyl sites for hydroxylation is 1. The summed E-state index contributed by atoms with van der Waals surface area (Å²) in [5, 5.41) is 3.93. The number of nitrogen functional groups attached to an aromatic ring is 1. The molecular weight excluding hydrogens is 182 g/mol. The Hall–Kier alpha value is -1.52. The quantitative estimate of drug-likeness (QED) is 0.716. The number of hydrogen-bond acceptors (Lipinski definition) is 4. The molecule has 0 amide bonds. The van der Waals surface area contributed by atoms with Gasteiger partial charge in [-0.15, -0.1) is 0 Å². The molecule has 0 aliphatic heterocycles. The largest absolute Gasteiger partial charge is 0.461 e. The molecule has 1 saturated carbocycles. The van der Waals surface area contributed by atoms with E-state index in [1.807, 2.05) is 0 Å².